The van der Waals surface area contributed by atoms with Gasteiger partial charge in [0.15, 0.2) is 10.9 Å². The molecule has 0 unspecified atom stereocenters. The van der Waals surface area contributed by atoms with E-state index >= 15 is 0 Å². The van der Waals surface area contributed by atoms with E-state index in [0.717, 1.165) is 22.5 Å². The molecule has 0 atom stereocenters. The van der Waals surface area contributed by atoms with Gasteiger partial charge in [-0.3, -0.25) is 14.4 Å². The maximum Gasteiger partial charge on any atom is 0.236 e. The summed E-state index contributed by atoms with van der Waals surface area (Å²) in [6, 6.07) is 12.7. The van der Waals surface area contributed by atoms with Gasteiger partial charge < -0.3 is 15.0 Å². The predicted molar refractivity (Wildman–Crippen MR) is 129 cm³/mol. The highest BCUT2D eigenvalue weighted by Crippen LogP contribution is 2.42. The molecule has 0 saturated carbocycles. The zero-order valence-corrected chi connectivity index (χ0v) is 19.8. The number of carbonyl (C=O) groups is 3. The van der Waals surface area contributed by atoms with Crippen LogP contribution < -0.4 is 15.0 Å². The van der Waals surface area contributed by atoms with Crippen LogP contribution in [-0.4, -0.2) is 36.7 Å². The second-order valence-corrected chi connectivity index (χ2v) is 9.32. The summed E-state index contributed by atoms with van der Waals surface area (Å²) in [5, 5.41) is 5.11. The molecule has 1 N–H and O–H groups in total. The first-order valence-corrected chi connectivity index (χ1v) is 11.4. The van der Waals surface area contributed by atoms with Crippen molar-refractivity contribution in [2.24, 2.45) is 0 Å². The summed E-state index contributed by atoms with van der Waals surface area (Å²) in [5.74, 6) is 0.368. The molecule has 2 heterocycles. The van der Waals surface area contributed by atoms with E-state index in [0.29, 0.717) is 16.4 Å². The van der Waals surface area contributed by atoms with Crippen LogP contribution in [0.5, 0.6) is 5.75 Å². The van der Waals surface area contributed by atoms with Gasteiger partial charge in [-0.05, 0) is 55.8 Å². The highest BCUT2D eigenvalue weighted by Gasteiger charge is 2.42. The monoisotopic (exact) mass is 463 g/mol. The molecule has 0 radical (unpaired) electrons. The molecular formula is C25H25N3O4S. The molecule has 0 spiro atoms. The van der Waals surface area contributed by atoms with Gasteiger partial charge in [0.25, 0.3) is 0 Å². The smallest absolute Gasteiger partial charge is 0.236 e. The number of ketones is 1. The Morgan fingerprint density at radius 1 is 1.12 bits per heavy atom. The molecule has 0 saturated heterocycles. The highest BCUT2D eigenvalue weighted by atomic mass is 32.1. The van der Waals surface area contributed by atoms with Gasteiger partial charge >= 0.3 is 0 Å². The number of thiazole rings is 1. The lowest BCUT2D eigenvalue weighted by molar-refractivity contribution is -0.121. The van der Waals surface area contributed by atoms with Crippen LogP contribution in [0.4, 0.5) is 10.8 Å². The standard InChI is InChI=1S/C25H25N3O4S/c1-25(2)18-13-16(7-10-20(18)28(3)23(25)31)19-14-33-24(26-19)27-22(30)12-11-21(29)15-5-8-17(32-4)9-6-15/h5-10,13-14H,11-12H2,1-4H3,(H,26,27,30). The van der Waals surface area contributed by atoms with Crippen molar-refractivity contribution in [1.29, 1.82) is 0 Å². The molecule has 4 rings (SSSR count). The molecule has 2 aromatic carbocycles. The number of nitrogens with one attached hydrogen (secondary N) is 1. The number of anilines is 2. The Balaban J connectivity index is 1.39. The molecule has 170 valence electrons. The number of amides is 2. The van der Waals surface area contributed by atoms with E-state index in [2.05, 4.69) is 10.3 Å². The van der Waals surface area contributed by atoms with Crippen molar-refractivity contribution < 1.29 is 19.1 Å². The summed E-state index contributed by atoms with van der Waals surface area (Å²) >= 11 is 1.32. The number of rotatable bonds is 7. The molecule has 0 bridgehead atoms. The number of methoxy groups -OCH3 is 1. The van der Waals surface area contributed by atoms with E-state index in [1.165, 1.54) is 11.3 Å². The first kappa shape index (κ1) is 22.7. The Hall–Kier alpha value is -3.52. The topological polar surface area (TPSA) is 88.6 Å². The third kappa shape index (κ3) is 4.39. The van der Waals surface area contributed by atoms with E-state index < -0.39 is 5.41 Å². The summed E-state index contributed by atoms with van der Waals surface area (Å²) in [7, 11) is 3.35. The Kier molecular flexibility index (Phi) is 6.03. The minimum Gasteiger partial charge on any atom is -0.497 e. The second kappa shape index (κ2) is 8.78. The summed E-state index contributed by atoms with van der Waals surface area (Å²) in [6.45, 7) is 3.84. The minimum absolute atomic E-state index is 0.0602. The molecule has 1 aromatic heterocycles. The van der Waals surface area contributed by atoms with Crippen LogP contribution in [0.25, 0.3) is 11.3 Å². The number of likely N-dealkylation sites (N-methyl/N-ethyl adjacent to an activating group) is 1. The molecule has 3 aromatic rings. The SMILES string of the molecule is COc1ccc(C(=O)CCC(=O)Nc2nc(-c3ccc4c(c3)C(C)(C)C(=O)N4C)cs2)cc1. The lowest BCUT2D eigenvalue weighted by Crippen LogP contribution is -2.33. The quantitative estimate of drug-likeness (QED) is 0.514. The number of hydrogen-bond acceptors (Lipinski definition) is 6. The molecule has 2 amide bonds. The normalized spacial score (nSPS) is 14.2. The van der Waals surface area contributed by atoms with Gasteiger partial charge in [0, 0.05) is 42.1 Å². The number of carbonyl (C=O) groups excluding carboxylic acids is 3. The van der Waals surface area contributed by atoms with Gasteiger partial charge in [-0.2, -0.15) is 0 Å². The Morgan fingerprint density at radius 3 is 2.55 bits per heavy atom. The number of ether oxygens (including phenoxy) is 1. The summed E-state index contributed by atoms with van der Waals surface area (Å²) in [4.78, 5) is 43.4. The van der Waals surface area contributed by atoms with Crippen molar-refractivity contribution in [3.05, 3.63) is 59.0 Å². The molecule has 1 aliphatic heterocycles. The fourth-order valence-electron chi connectivity index (χ4n) is 3.93. The fraction of sp³-hybridized carbons (Fsp3) is 0.280. The zero-order chi connectivity index (χ0) is 23.8. The molecule has 33 heavy (non-hydrogen) atoms. The van der Waals surface area contributed by atoms with E-state index in [4.69, 9.17) is 4.74 Å². The van der Waals surface area contributed by atoms with Gasteiger partial charge in [-0.15, -0.1) is 11.3 Å². The number of Topliss-reactive ketones (excluding diaryl/α,β-unsaturated/α-hetero) is 1. The predicted octanol–water partition coefficient (Wildman–Crippen LogP) is 4.67. The number of benzene rings is 2. The van der Waals surface area contributed by atoms with Crippen LogP contribution in [0.2, 0.25) is 0 Å². The summed E-state index contributed by atoms with van der Waals surface area (Å²) < 4.78 is 5.09. The second-order valence-electron chi connectivity index (χ2n) is 8.46. The van der Waals surface area contributed by atoms with Crippen LogP contribution in [0.1, 0.15) is 42.6 Å². The third-order valence-electron chi connectivity index (χ3n) is 5.91. The maximum absolute atomic E-state index is 12.5. The number of nitrogens with zero attached hydrogens (tertiary/aromatic N) is 2. The van der Waals surface area contributed by atoms with Gasteiger partial charge in [0.1, 0.15) is 5.75 Å². The average Bonchev–Trinajstić information content (AvgIpc) is 3.35. The Morgan fingerprint density at radius 2 is 1.85 bits per heavy atom. The van der Waals surface area contributed by atoms with Crippen molar-refractivity contribution in [3.63, 3.8) is 0 Å². The number of hydrogen-bond donors (Lipinski definition) is 1. The van der Waals surface area contributed by atoms with E-state index in [-0.39, 0.29) is 30.4 Å². The summed E-state index contributed by atoms with van der Waals surface area (Å²) in [6.07, 6.45) is 0.180. The van der Waals surface area contributed by atoms with Crippen molar-refractivity contribution in [2.75, 3.05) is 24.4 Å². The van der Waals surface area contributed by atoms with Crippen LogP contribution >= 0.6 is 11.3 Å². The van der Waals surface area contributed by atoms with Gasteiger partial charge in [0.05, 0.1) is 18.2 Å². The lowest BCUT2D eigenvalue weighted by Gasteiger charge is -2.16. The van der Waals surface area contributed by atoms with Gasteiger partial charge in [-0.1, -0.05) is 6.07 Å². The fourth-order valence-corrected chi connectivity index (χ4v) is 4.66. The van der Waals surface area contributed by atoms with Crippen molar-refractivity contribution in [2.45, 2.75) is 32.1 Å². The molecule has 0 aliphatic carbocycles. The highest BCUT2D eigenvalue weighted by molar-refractivity contribution is 7.14. The van der Waals surface area contributed by atoms with Crippen molar-refractivity contribution in [1.82, 2.24) is 4.98 Å². The average molecular weight is 464 g/mol. The van der Waals surface area contributed by atoms with Gasteiger partial charge in [-0.25, -0.2) is 4.98 Å². The zero-order valence-electron chi connectivity index (χ0n) is 19.0. The number of fused-ring (bicyclic) bond motifs is 1. The first-order valence-electron chi connectivity index (χ1n) is 10.6. The molecule has 1 aliphatic rings. The van der Waals surface area contributed by atoms with E-state index in [9.17, 15) is 14.4 Å². The van der Waals surface area contributed by atoms with Crippen LogP contribution in [0.3, 0.4) is 0 Å². The molecule has 8 heteroatoms. The maximum atomic E-state index is 12.5. The van der Waals surface area contributed by atoms with E-state index in [1.54, 1.807) is 43.3 Å². The first-order chi connectivity index (χ1) is 15.7. The third-order valence-corrected chi connectivity index (χ3v) is 6.67. The Labute approximate surface area is 196 Å². The largest absolute Gasteiger partial charge is 0.497 e. The Bertz CT molecular complexity index is 1230. The van der Waals surface area contributed by atoms with Crippen molar-refractivity contribution in [3.8, 4) is 17.0 Å². The molecule has 0 fully saturated rings. The van der Waals surface area contributed by atoms with Crippen LogP contribution in [-0.2, 0) is 15.0 Å². The minimum atomic E-state index is -0.594. The van der Waals surface area contributed by atoms with Crippen LogP contribution in [0.15, 0.2) is 47.8 Å². The molecular weight excluding hydrogens is 438 g/mol. The lowest BCUT2D eigenvalue weighted by atomic mass is 9.85. The molecule has 7 nitrogen and oxygen atoms in total. The van der Waals surface area contributed by atoms with Crippen LogP contribution in [0, 0.1) is 0 Å². The number of aromatic nitrogens is 1. The summed E-state index contributed by atoms with van der Waals surface area (Å²) in [5.41, 5.74) is 3.43. The van der Waals surface area contributed by atoms with Crippen molar-refractivity contribution >= 4 is 39.8 Å². The van der Waals surface area contributed by atoms with Gasteiger partial charge in [0.2, 0.25) is 11.8 Å². The van der Waals surface area contributed by atoms with E-state index in [1.807, 2.05) is 37.4 Å².